The van der Waals surface area contributed by atoms with E-state index in [1.54, 1.807) is 13.0 Å². The van der Waals surface area contributed by atoms with Crippen LogP contribution in [-0.4, -0.2) is 12.5 Å². The lowest BCUT2D eigenvalue weighted by atomic mass is 10.1. The Morgan fingerprint density at radius 2 is 2.12 bits per heavy atom. The van der Waals surface area contributed by atoms with Crippen LogP contribution in [0.4, 0.5) is 4.39 Å². The second-order valence-corrected chi connectivity index (χ2v) is 4.08. The molecule has 0 aromatic heterocycles. The van der Waals surface area contributed by atoms with Crippen molar-refractivity contribution in [3.05, 3.63) is 33.5 Å². The minimum Gasteiger partial charge on any atom is -0.481 e. The maximum Gasteiger partial charge on any atom is 0.184 e. The van der Waals surface area contributed by atoms with Gasteiger partial charge in [-0.2, -0.15) is 0 Å². The Morgan fingerprint density at radius 3 is 2.69 bits per heavy atom. The van der Waals surface area contributed by atoms with Gasteiger partial charge in [0.2, 0.25) is 0 Å². The molecule has 0 saturated heterocycles. The number of hydrogen-bond acceptors (Lipinski definition) is 2. The van der Waals surface area contributed by atoms with Crippen molar-refractivity contribution in [3.8, 4) is 0 Å². The van der Waals surface area contributed by atoms with Gasteiger partial charge in [0.25, 0.3) is 0 Å². The van der Waals surface area contributed by atoms with Gasteiger partial charge in [0, 0.05) is 4.47 Å². The van der Waals surface area contributed by atoms with Gasteiger partial charge in [0.1, 0.15) is 5.82 Å². The average Bonchev–Trinajstić information content (AvgIpc) is 2.14. The Hall–Kier alpha value is -0.610. The normalized spacial score (nSPS) is 9.50. The van der Waals surface area contributed by atoms with Crippen LogP contribution in [0.1, 0.15) is 18.1 Å². The summed E-state index contributed by atoms with van der Waals surface area (Å²) in [7, 11) is 0. The second-order valence-electron chi connectivity index (χ2n) is 3.23. The molecule has 0 radical (unpaired) electrons. The van der Waals surface area contributed by atoms with Crippen LogP contribution in [0.25, 0.3) is 0 Å². The van der Waals surface area contributed by atoms with Crippen molar-refractivity contribution in [2.24, 2.45) is 0 Å². The van der Waals surface area contributed by atoms with E-state index in [1.165, 1.54) is 6.07 Å². The predicted octanol–water partition coefficient (Wildman–Crippen LogP) is 3.87. The fraction of sp³-hybridized carbons (Fsp3) is 0.364. The molecule has 0 heterocycles. The molecule has 0 aliphatic heterocycles. The second kappa shape index (κ2) is 6.86. The first-order valence-electron chi connectivity index (χ1n) is 4.69. The van der Waals surface area contributed by atoms with Crippen LogP contribution in [0.15, 0.2) is 16.6 Å². The lowest BCUT2D eigenvalue weighted by molar-refractivity contribution is 0.316. The van der Waals surface area contributed by atoms with Crippen LogP contribution >= 0.6 is 28.3 Å². The van der Waals surface area contributed by atoms with Crippen molar-refractivity contribution < 1.29 is 9.13 Å². The first-order chi connectivity index (χ1) is 7.04. The zero-order valence-electron chi connectivity index (χ0n) is 9.14. The molecule has 2 nitrogen and oxygen atoms in total. The number of halogens is 3. The molecule has 90 valence electrons. The molecule has 0 unspecified atom stereocenters. The molecule has 0 spiro atoms. The van der Waals surface area contributed by atoms with Crippen LogP contribution < -0.4 is 0 Å². The number of rotatable bonds is 3. The Kier molecular flexibility index (Phi) is 6.60. The summed E-state index contributed by atoms with van der Waals surface area (Å²) in [4.78, 5) is 0. The van der Waals surface area contributed by atoms with Crippen LogP contribution in [0, 0.1) is 18.2 Å². The quantitative estimate of drug-likeness (QED) is 0.667. The van der Waals surface area contributed by atoms with Crippen molar-refractivity contribution in [1.82, 2.24) is 0 Å². The third-order valence-electron chi connectivity index (χ3n) is 2.00. The molecule has 5 heteroatoms. The topological polar surface area (TPSA) is 33.1 Å². The predicted molar refractivity (Wildman–Crippen MR) is 69.1 cm³/mol. The molecule has 0 atom stereocenters. The number of aryl methyl sites for hydroxylation is 1. The van der Waals surface area contributed by atoms with E-state index in [0.29, 0.717) is 12.2 Å². The number of nitrogens with one attached hydrogen (secondary N) is 1. The first-order valence-corrected chi connectivity index (χ1v) is 5.48. The zero-order chi connectivity index (χ0) is 11.4. The van der Waals surface area contributed by atoms with E-state index < -0.39 is 0 Å². The minimum atomic E-state index is -0.308. The number of ether oxygens (including phenoxy) is 1. The van der Waals surface area contributed by atoms with E-state index in [4.69, 9.17) is 10.1 Å². The zero-order valence-corrected chi connectivity index (χ0v) is 11.5. The van der Waals surface area contributed by atoms with Gasteiger partial charge < -0.3 is 4.74 Å². The number of benzene rings is 1. The first kappa shape index (κ1) is 15.4. The van der Waals surface area contributed by atoms with E-state index >= 15 is 0 Å². The molecular formula is C11H14BrClFNO. The molecule has 0 aliphatic rings. The summed E-state index contributed by atoms with van der Waals surface area (Å²) in [6.07, 6.45) is 0.202. The average molecular weight is 311 g/mol. The van der Waals surface area contributed by atoms with Crippen molar-refractivity contribution in [2.75, 3.05) is 6.61 Å². The highest BCUT2D eigenvalue weighted by Crippen LogP contribution is 2.21. The molecule has 1 aromatic rings. The van der Waals surface area contributed by atoms with E-state index in [1.807, 2.05) is 6.92 Å². The minimum absolute atomic E-state index is 0. The van der Waals surface area contributed by atoms with Gasteiger partial charge >= 0.3 is 0 Å². The molecular weight excluding hydrogens is 296 g/mol. The largest absolute Gasteiger partial charge is 0.481 e. The van der Waals surface area contributed by atoms with E-state index in [-0.39, 0.29) is 30.5 Å². The Labute approximate surface area is 109 Å². The summed E-state index contributed by atoms with van der Waals surface area (Å²) in [5.41, 5.74) is 1.45. The summed E-state index contributed by atoms with van der Waals surface area (Å²) in [6, 6.07) is 3.15. The fourth-order valence-corrected chi connectivity index (χ4v) is 1.57. The highest BCUT2D eigenvalue weighted by atomic mass is 79.9. The summed E-state index contributed by atoms with van der Waals surface area (Å²) in [5.74, 6) is -0.213. The summed E-state index contributed by atoms with van der Waals surface area (Å²) in [5, 5.41) is 7.45. The molecule has 0 bridgehead atoms. The van der Waals surface area contributed by atoms with E-state index in [9.17, 15) is 4.39 Å². The van der Waals surface area contributed by atoms with Gasteiger partial charge in [-0.15, -0.1) is 12.4 Å². The van der Waals surface area contributed by atoms with Gasteiger partial charge in [0.05, 0.1) is 13.0 Å². The van der Waals surface area contributed by atoms with Crippen molar-refractivity contribution >= 4 is 34.2 Å². The molecule has 1 N–H and O–H groups in total. The lowest BCUT2D eigenvalue weighted by Crippen LogP contribution is -2.08. The number of hydrogen-bond donors (Lipinski definition) is 1. The lowest BCUT2D eigenvalue weighted by Gasteiger charge is -2.08. The SMILES string of the molecule is CCOC(=N)Cc1cc(C)c(Br)cc1F.Cl. The molecule has 0 aliphatic carbocycles. The molecule has 16 heavy (non-hydrogen) atoms. The standard InChI is InChI=1S/C11H13BrFNO.ClH/c1-3-15-11(14)5-8-4-7(2)9(12)6-10(8)13;/h4,6,14H,3,5H2,1-2H3;1H. The molecule has 1 rings (SSSR count). The molecule has 0 amide bonds. The Balaban J connectivity index is 0.00000225. The summed E-state index contributed by atoms with van der Waals surface area (Å²) < 4.78 is 19.2. The van der Waals surface area contributed by atoms with Crippen LogP contribution in [0.5, 0.6) is 0 Å². The summed E-state index contributed by atoms with van der Waals surface area (Å²) >= 11 is 3.25. The maximum absolute atomic E-state index is 13.4. The fourth-order valence-electron chi connectivity index (χ4n) is 1.25. The van der Waals surface area contributed by atoms with E-state index in [2.05, 4.69) is 15.9 Å². The van der Waals surface area contributed by atoms with Gasteiger partial charge in [-0.1, -0.05) is 22.0 Å². The van der Waals surface area contributed by atoms with Crippen molar-refractivity contribution in [3.63, 3.8) is 0 Å². The maximum atomic E-state index is 13.4. The van der Waals surface area contributed by atoms with Gasteiger partial charge in [-0.05, 0) is 31.0 Å². The summed E-state index contributed by atoms with van der Waals surface area (Å²) in [6.45, 7) is 4.13. The van der Waals surface area contributed by atoms with Gasteiger partial charge in [0.15, 0.2) is 5.90 Å². The molecule has 1 aromatic carbocycles. The van der Waals surface area contributed by atoms with Gasteiger partial charge in [-0.25, -0.2) is 4.39 Å². The monoisotopic (exact) mass is 309 g/mol. The molecule has 0 saturated carbocycles. The van der Waals surface area contributed by atoms with Crippen LogP contribution in [0.2, 0.25) is 0 Å². The Morgan fingerprint density at radius 1 is 1.50 bits per heavy atom. The van der Waals surface area contributed by atoms with Gasteiger partial charge in [-0.3, -0.25) is 5.41 Å². The Bertz CT molecular complexity index is 384. The van der Waals surface area contributed by atoms with Crippen molar-refractivity contribution in [1.29, 1.82) is 5.41 Å². The molecule has 0 fully saturated rings. The van der Waals surface area contributed by atoms with Crippen LogP contribution in [0.3, 0.4) is 0 Å². The smallest absolute Gasteiger partial charge is 0.184 e. The third-order valence-corrected chi connectivity index (χ3v) is 2.85. The third kappa shape index (κ3) is 4.10. The highest BCUT2D eigenvalue weighted by molar-refractivity contribution is 9.10. The van der Waals surface area contributed by atoms with Crippen LogP contribution in [-0.2, 0) is 11.2 Å². The highest BCUT2D eigenvalue weighted by Gasteiger charge is 2.08. The van der Waals surface area contributed by atoms with E-state index in [0.717, 1.165) is 10.0 Å². The van der Waals surface area contributed by atoms with Crippen molar-refractivity contribution in [2.45, 2.75) is 20.3 Å².